The Morgan fingerprint density at radius 3 is 2.60 bits per heavy atom. The summed E-state index contributed by atoms with van der Waals surface area (Å²) >= 11 is 5.45. The number of carbonyl (C=O) groups is 1. The zero-order valence-corrected chi connectivity index (χ0v) is 7.32. The number of halogens is 1. The SMILES string of the molecule is CCCC(=O)N(C)CCCl. The summed E-state index contributed by atoms with van der Waals surface area (Å²) < 4.78 is 0. The van der Waals surface area contributed by atoms with Crippen LogP contribution >= 0.6 is 11.6 Å². The Balaban J connectivity index is 3.49. The molecule has 0 bridgehead atoms. The molecule has 60 valence electrons. The quantitative estimate of drug-likeness (QED) is 0.575. The molecule has 0 aliphatic heterocycles. The standard InChI is InChI=1S/C7H14ClNO/c1-3-4-7(10)9(2)6-5-8/h3-6H2,1-2H3. The van der Waals surface area contributed by atoms with E-state index in [2.05, 4.69) is 0 Å². The van der Waals surface area contributed by atoms with Crippen molar-refractivity contribution in [3.05, 3.63) is 0 Å². The number of hydrogen-bond acceptors (Lipinski definition) is 1. The molecule has 10 heavy (non-hydrogen) atoms. The predicted octanol–water partition coefficient (Wildman–Crippen LogP) is 1.48. The zero-order valence-electron chi connectivity index (χ0n) is 6.56. The van der Waals surface area contributed by atoms with E-state index in [1.807, 2.05) is 6.92 Å². The van der Waals surface area contributed by atoms with E-state index in [1.54, 1.807) is 11.9 Å². The molecule has 0 aliphatic rings. The fraction of sp³-hybridized carbons (Fsp3) is 0.857. The van der Waals surface area contributed by atoms with Gasteiger partial charge in [-0.3, -0.25) is 4.79 Å². The first kappa shape index (κ1) is 9.76. The average molecular weight is 164 g/mol. The first-order valence-electron chi connectivity index (χ1n) is 3.52. The van der Waals surface area contributed by atoms with Crippen LogP contribution in [0, 0.1) is 0 Å². The highest BCUT2D eigenvalue weighted by Crippen LogP contribution is 1.94. The molecule has 2 nitrogen and oxygen atoms in total. The molecule has 0 saturated heterocycles. The lowest BCUT2D eigenvalue weighted by Gasteiger charge is -2.14. The molecular formula is C7H14ClNO. The third-order valence-electron chi connectivity index (χ3n) is 1.31. The Kier molecular flexibility index (Phi) is 5.40. The van der Waals surface area contributed by atoms with Gasteiger partial charge in [0.2, 0.25) is 5.91 Å². The minimum atomic E-state index is 0.183. The first-order chi connectivity index (χ1) is 4.72. The number of alkyl halides is 1. The molecule has 0 spiro atoms. The molecule has 0 aliphatic carbocycles. The van der Waals surface area contributed by atoms with E-state index in [0.29, 0.717) is 18.8 Å². The van der Waals surface area contributed by atoms with E-state index in [-0.39, 0.29) is 5.91 Å². The topological polar surface area (TPSA) is 20.3 Å². The van der Waals surface area contributed by atoms with Gasteiger partial charge in [-0.05, 0) is 6.42 Å². The van der Waals surface area contributed by atoms with Gasteiger partial charge in [-0.15, -0.1) is 11.6 Å². The molecule has 1 amide bonds. The maximum atomic E-state index is 11.0. The number of carbonyl (C=O) groups excluding carboxylic acids is 1. The second kappa shape index (κ2) is 5.54. The van der Waals surface area contributed by atoms with Gasteiger partial charge in [-0.25, -0.2) is 0 Å². The van der Waals surface area contributed by atoms with Gasteiger partial charge in [-0.2, -0.15) is 0 Å². The Labute approximate surface area is 67.2 Å². The molecule has 0 unspecified atom stereocenters. The largest absolute Gasteiger partial charge is 0.345 e. The van der Waals surface area contributed by atoms with E-state index < -0.39 is 0 Å². The van der Waals surface area contributed by atoms with Crippen molar-refractivity contribution < 1.29 is 4.79 Å². The monoisotopic (exact) mass is 163 g/mol. The van der Waals surface area contributed by atoms with Crippen LogP contribution in [0.1, 0.15) is 19.8 Å². The van der Waals surface area contributed by atoms with Crippen molar-refractivity contribution in [3.63, 3.8) is 0 Å². The van der Waals surface area contributed by atoms with Crippen LogP contribution in [-0.4, -0.2) is 30.3 Å². The van der Waals surface area contributed by atoms with Crippen molar-refractivity contribution in [2.24, 2.45) is 0 Å². The molecule has 0 saturated carbocycles. The van der Waals surface area contributed by atoms with Crippen molar-refractivity contribution in [1.82, 2.24) is 4.90 Å². The summed E-state index contributed by atoms with van der Waals surface area (Å²) in [5.41, 5.74) is 0. The fourth-order valence-electron chi connectivity index (χ4n) is 0.656. The Bertz CT molecular complexity index is 106. The van der Waals surface area contributed by atoms with E-state index in [1.165, 1.54) is 0 Å². The lowest BCUT2D eigenvalue weighted by Crippen LogP contribution is -2.27. The maximum Gasteiger partial charge on any atom is 0.222 e. The Morgan fingerprint density at radius 1 is 1.60 bits per heavy atom. The van der Waals surface area contributed by atoms with Crippen molar-refractivity contribution in [3.8, 4) is 0 Å². The van der Waals surface area contributed by atoms with E-state index in [9.17, 15) is 4.79 Å². The van der Waals surface area contributed by atoms with E-state index >= 15 is 0 Å². The molecule has 0 atom stereocenters. The Hall–Kier alpha value is -0.240. The van der Waals surface area contributed by atoms with E-state index in [0.717, 1.165) is 6.42 Å². The number of rotatable bonds is 4. The van der Waals surface area contributed by atoms with Crippen LogP contribution in [0.2, 0.25) is 0 Å². The smallest absolute Gasteiger partial charge is 0.222 e. The zero-order chi connectivity index (χ0) is 7.98. The average Bonchev–Trinajstić information content (AvgIpc) is 1.89. The summed E-state index contributed by atoms with van der Waals surface area (Å²) in [5, 5.41) is 0. The van der Waals surface area contributed by atoms with Crippen molar-refractivity contribution in [2.45, 2.75) is 19.8 Å². The molecule has 3 heteroatoms. The highest BCUT2D eigenvalue weighted by molar-refractivity contribution is 6.18. The van der Waals surface area contributed by atoms with Gasteiger partial charge in [0, 0.05) is 25.9 Å². The summed E-state index contributed by atoms with van der Waals surface area (Å²) in [4.78, 5) is 12.7. The molecule has 0 aromatic carbocycles. The summed E-state index contributed by atoms with van der Waals surface area (Å²) in [6.07, 6.45) is 1.54. The van der Waals surface area contributed by atoms with Gasteiger partial charge in [0.25, 0.3) is 0 Å². The molecule has 0 fully saturated rings. The molecule has 0 aromatic rings. The van der Waals surface area contributed by atoms with Crippen molar-refractivity contribution >= 4 is 17.5 Å². The van der Waals surface area contributed by atoms with Gasteiger partial charge in [-0.1, -0.05) is 6.92 Å². The third kappa shape index (κ3) is 3.72. The summed E-state index contributed by atoms with van der Waals surface area (Å²) in [7, 11) is 1.78. The van der Waals surface area contributed by atoms with Crippen LogP contribution in [0.25, 0.3) is 0 Å². The lowest BCUT2D eigenvalue weighted by molar-refractivity contribution is -0.129. The second-order valence-electron chi connectivity index (χ2n) is 2.25. The predicted molar refractivity (Wildman–Crippen MR) is 43.3 cm³/mol. The van der Waals surface area contributed by atoms with Gasteiger partial charge >= 0.3 is 0 Å². The van der Waals surface area contributed by atoms with Crippen molar-refractivity contribution in [2.75, 3.05) is 19.5 Å². The number of nitrogens with zero attached hydrogens (tertiary/aromatic N) is 1. The van der Waals surface area contributed by atoms with E-state index in [4.69, 9.17) is 11.6 Å². The number of amides is 1. The van der Waals surface area contributed by atoms with Gasteiger partial charge in [0.05, 0.1) is 0 Å². The van der Waals surface area contributed by atoms with Crippen LogP contribution in [0.5, 0.6) is 0 Å². The van der Waals surface area contributed by atoms with Gasteiger partial charge < -0.3 is 4.90 Å². The third-order valence-corrected chi connectivity index (χ3v) is 1.48. The summed E-state index contributed by atoms with van der Waals surface area (Å²) in [6.45, 7) is 2.65. The molecular weight excluding hydrogens is 150 g/mol. The second-order valence-corrected chi connectivity index (χ2v) is 2.63. The van der Waals surface area contributed by atoms with Crippen LogP contribution in [0.4, 0.5) is 0 Å². The molecule has 0 heterocycles. The first-order valence-corrected chi connectivity index (χ1v) is 4.05. The highest BCUT2D eigenvalue weighted by Gasteiger charge is 2.04. The van der Waals surface area contributed by atoms with Crippen LogP contribution in [-0.2, 0) is 4.79 Å². The minimum Gasteiger partial charge on any atom is -0.345 e. The maximum absolute atomic E-state index is 11.0. The fourth-order valence-corrected chi connectivity index (χ4v) is 0.910. The van der Waals surface area contributed by atoms with Gasteiger partial charge in [0.15, 0.2) is 0 Å². The van der Waals surface area contributed by atoms with Crippen LogP contribution in [0.3, 0.4) is 0 Å². The van der Waals surface area contributed by atoms with Crippen LogP contribution in [0.15, 0.2) is 0 Å². The summed E-state index contributed by atoms with van der Waals surface area (Å²) in [5.74, 6) is 0.703. The highest BCUT2D eigenvalue weighted by atomic mass is 35.5. The molecule has 0 aromatic heterocycles. The molecule has 0 radical (unpaired) electrons. The normalized spacial score (nSPS) is 9.50. The molecule has 0 rings (SSSR count). The Morgan fingerprint density at radius 2 is 2.20 bits per heavy atom. The summed E-state index contributed by atoms with van der Waals surface area (Å²) in [6, 6.07) is 0. The number of hydrogen-bond donors (Lipinski definition) is 0. The van der Waals surface area contributed by atoms with Crippen LogP contribution < -0.4 is 0 Å². The van der Waals surface area contributed by atoms with Crippen molar-refractivity contribution in [1.29, 1.82) is 0 Å². The molecule has 0 N–H and O–H groups in total. The lowest BCUT2D eigenvalue weighted by atomic mass is 10.3. The van der Waals surface area contributed by atoms with Gasteiger partial charge in [0.1, 0.15) is 0 Å². The minimum absolute atomic E-state index is 0.183.